The zero-order valence-corrected chi connectivity index (χ0v) is 11.5. The first kappa shape index (κ1) is 15.8. The lowest BCUT2D eigenvalue weighted by molar-refractivity contribution is -0.137. The van der Waals surface area contributed by atoms with Gasteiger partial charge >= 0.3 is 5.97 Å². The van der Waals surface area contributed by atoms with Crippen molar-refractivity contribution in [1.82, 2.24) is 0 Å². The number of nitroso groups, excluding NO2 is 1. The van der Waals surface area contributed by atoms with Crippen LogP contribution in [0.25, 0.3) is 11.1 Å². The molecular weight excluding hydrogens is 292 g/mol. The molecule has 1 unspecified atom stereocenters. The highest BCUT2D eigenvalue weighted by molar-refractivity contribution is 5.67. The molecule has 2 aromatic carbocycles. The number of benzene rings is 2. The van der Waals surface area contributed by atoms with Crippen molar-refractivity contribution >= 4 is 5.97 Å². The summed E-state index contributed by atoms with van der Waals surface area (Å²) in [6, 6.07) is 8.89. The highest BCUT2D eigenvalue weighted by Crippen LogP contribution is 2.28. The second-order valence-electron chi connectivity index (χ2n) is 4.80. The fourth-order valence-corrected chi connectivity index (χ4v) is 2.15. The van der Waals surface area contributed by atoms with Crippen LogP contribution in [0.2, 0.25) is 0 Å². The number of carboxylic acid groups (broad SMARTS) is 1. The minimum Gasteiger partial charge on any atom is -0.481 e. The van der Waals surface area contributed by atoms with Crippen molar-refractivity contribution in [2.24, 2.45) is 5.18 Å². The van der Waals surface area contributed by atoms with Gasteiger partial charge in [0, 0.05) is 18.1 Å². The summed E-state index contributed by atoms with van der Waals surface area (Å²) in [6.07, 6.45) is -0.0617. The maximum absolute atomic E-state index is 13.7. The molecule has 0 aromatic heterocycles. The van der Waals surface area contributed by atoms with Crippen LogP contribution in [0.5, 0.6) is 0 Å². The van der Waals surface area contributed by atoms with E-state index in [9.17, 15) is 18.5 Å². The number of aliphatic carboxylic acids is 1. The third-order valence-electron chi connectivity index (χ3n) is 3.30. The van der Waals surface area contributed by atoms with Gasteiger partial charge in [0.25, 0.3) is 0 Å². The monoisotopic (exact) mass is 305 g/mol. The van der Waals surface area contributed by atoms with Crippen molar-refractivity contribution < 1.29 is 18.7 Å². The summed E-state index contributed by atoms with van der Waals surface area (Å²) >= 11 is 0. The van der Waals surface area contributed by atoms with Gasteiger partial charge in [-0.1, -0.05) is 29.4 Å². The molecule has 22 heavy (non-hydrogen) atoms. The largest absolute Gasteiger partial charge is 0.481 e. The van der Waals surface area contributed by atoms with Crippen LogP contribution in [0, 0.1) is 16.5 Å². The molecule has 2 rings (SSSR count). The van der Waals surface area contributed by atoms with Gasteiger partial charge in [0.2, 0.25) is 0 Å². The molecule has 0 aliphatic carbocycles. The van der Waals surface area contributed by atoms with Crippen LogP contribution in [0.4, 0.5) is 8.78 Å². The Bertz CT molecular complexity index is 686. The van der Waals surface area contributed by atoms with Crippen molar-refractivity contribution in [3.63, 3.8) is 0 Å². The topological polar surface area (TPSA) is 66.7 Å². The maximum Gasteiger partial charge on any atom is 0.303 e. The molecule has 0 amide bonds. The average molecular weight is 305 g/mol. The Morgan fingerprint density at radius 3 is 2.36 bits per heavy atom. The van der Waals surface area contributed by atoms with Gasteiger partial charge in [-0.05, 0) is 29.7 Å². The minimum atomic E-state index is -1.00. The fraction of sp³-hybridized carbons (Fsp3) is 0.188. The summed E-state index contributed by atoms with van der Waals surface area (Å²) in [7, 11) is 0. The molecule has 0 aliphatic heterocycles. The number of nitrogens with zero attached hydrogens (tertiary/aromatic N) is 1. The molecule has 6 heteroatoms. The van der Waals surface area contributed by atoms with Crippen LogP contribution in [0.3, 0.4) is 0 Å². The molecule has 0 saturated heterocycles. The highest BCUT2D eigenvalue weighted by atomic mass is 19.1. The van der Waals surface area contributed by atoms with E-state index in [0.717, 1.165) is 12.1 Å². The van der Waals surface area contributed by atoms with Gasteiger partial charge in [-0.2, -0.15) is 4.91 Å². The first-order valence-corrected chi connectivity index (χ1v) is 6.61. The molecule has 0 heterocycles. The molecule has 0 radical (unpaired) electrons. The summed E-state index contributed by atoms with van der Waals surface area (Å²) in [5.41, 5.74) is 1.33. The van der Waals surface area contributed by atoms with E-state index in [4.69, 9.17) is 5.11 Å². The second-order valence-corrected chi connectivity index (χ2v) is 4.80. The summed E-state index contributed by atoms with van der Waals surface area (Å²) in [5.74, 6) is -2.33. The van der Waals surface area contributed by atoms with E-state index in [0.29, 0.717) is 11.1 Å². The first-order chi connectivity index (χ1) is 10.5. The van der Waals surface area contributed by atoms with Gasteiger partial charge in [-0.25, -0.2) is 8.78 Å². The number of halogens is 2. The molecule has 2 aromatic rings. The summed E-state index contributed by atoms with van der Waals surface area (Å²) in [5, 5.41) is 11.6. The molecular formula is C16H13F2NO3. The first-order valence-electron chi connectivity index (χ1n) is 6.61. The molecule has 4 nitrogen and oxygen atoms in total. The molecule has 0 aliphatic rings. The number of carboxylic acids is 1. The zero-order chi connectivity index (χ0) is 16.1. The van der Waals surface area contributed by atoms with E-state index in [2.05, 4.69) is 5.18 Å². The lowest BCUT2D eigenvalue weighted by atomic mass is 9.98. The molecule has 1 N–H and O–H groups in total. The van der Waals surface area contributed by atoms with Gasteiger partial charge < -0.3 is 5.11 Å². The van der Waals surface area contributed by atoms with Crippen LogP contribution in [0.1, 0.15) is 24.4 Å². The van der Waals surface area contributed by atoms with Crippen molar-refractivity contribution in [1.29, 1.82) is 0 Å². The quantitative estimate of drug-likeness (QED) is 0.809. The third kappa shape index (κ3) is 3.72. The lowest BCUT2D eigenvalue weighted by Crippen LogP contribution is -2.01. The second kappa shape index (κ2) is 6.89. The Balaban J connectivity index is 2.22. The van der Waals surface area contributed by atoms with Crippen molar-refractivity contribution in [3.8, 4) is 11.1 Å². The number of hydrogen-bond acceptors (Lipinski definition) is 3. The zero-order valence-electron chi connectivity index (χ0n) is 11.5. The van der Waals surface area contributed by atoms with Crippen LogP contribution in [0.15, 0.2) is 47.6 Å². The van der Waals surface area contributed by atoms with Crippen LogP contribution >= 0.6 is 0 Å². The number of carbonyl (C=O) groups is 1. The summed E-state index contributed by atoms with van der Waals surface area (Å²) in [4.78, 5) is 21.4. The molecule has 0 spiro atoms. The normalized spacial score (nSPS) is 11.9. The molecule has 0 bridgehead atoms. The van der Waals surface area contributed by atoms with E-state index < -0.39 is 23.6 Å². The highest BCUT2D eigenvalue weighted by Gasteiger charge is 2.14. The fourth-order valence-electron chi connectivity index (χ4n) is 2.15. The standard InChI is InChI=1S/C16H13F2NO3/c17-12-5-6-13(14(18)9-12)10-1-3-11(4-2-10)15(19-22)7-8-16(20)21/h1-6,9,15H,7-8H2,(H,20,21). The van der Waals surface area contributed by atoms with Crippen molar-refractivity contribution in [2.75, 3.05) is 0 Å². The number of rotatable bonds is 6. The van der Waals surface area contributed by atoms with Gasteiger partial charge in [-0.3, -0.25) is 4.79 Å². The summed E-state index contributed by atoms with van der Waals surface area (Å²) < 4.78 is 26.6. The Labute approximate surface area is 125 Å². The predicted molar refractivity (Wildman–Crippen MR) is 77.2 cm³/mol. The maximum atomic E-state index is 13.7. The molecule has 0 fully saturated rings. The molecule has 1 atom stereocenters. The van der Waals surface area contributed by atoms with E-state index in [-0.39, 0.29) is 18.4 Å². The molecule has 114 valence electrons. The predicted octanol–water partition coefficient (Wildman–Crippen LogP) is 4.30. The van der Waals surface area contributed by atoms with Crippen LogP contribution < -0.4 is 0 Å². The van der Waals surface area contributed by atoms with Crippen molar-refractivity contribution in [3.05, 3.63) is 64.6 Å². The average Bonchev–Trinajstić information content (AvgIpc) is 2.48. The Hall–Kier alpha value is -2.63. The van der Waals surface area contributed by atoms with E-state index in [1.165, 1.54) is 6.07 Å². The third-order valence-corrected chi connectivity index (χ3v) is 3.30. The van der Waals surface area contributed by atoms with Crippen molar-refractivity contribution in [2.45, 2.75) is 18.9 Å². The smallest absolute Gasteiger partial charge is 0.303 e. The number of hydrogen-bond donors (Lipinski definition) is 1. The minimum absolute atomic E-state index is 0.100. The Morgan fingerprint density at radius 1 is 1.14 bits per heavy atom. The van der Waals surface area contributed by atoms with E-state index >= 15 is 0 Å². The van der Waals surface area contributed by atoms with Gasteiger partial charge in [0.15, 0.2) is 0 Å². The van der Waals surface area contributed by atoms with E-state index in [1.54, 1.807) is 24.3 Å². The SMILES string of the molecule is O=NC(CCC(=O)O)c1ccc(-c2ccc(F)cc2F)cc1. The van der Waals surface area contributed by atoms with Crippen LogP contribution in [-0.4, -0.2) is 11.1 Å². The Kier molecular flexibility index (Phi) is 4.93. The van der Waals surface area contributed by atoms with Crippen LogP contribution in [-0.2, 0) is 4.79 Å². The van der Waals surface area contributed by atoms with Gasteiger partial charge in [-0.15, -0.1) is 0 Å². The van der Waals surface area contributed by atoms with Gasteiger partial charge in [0.05, 0.1) is 0 Å². The lowest BCUT2D eigenvalue weighted by Gasteiger charge is -2.09. The molecule has 0 saturated carbocycles. The Morgan fingerprint density at radius 2 is 1.82 bits per heavy atom. The summed E-state index contributed by atoms with van der Waals surface area (Å²) in [6.45, 7) is 0. The van der Waals surface area contributed by atoms with E-state index in [1.807, 2.05) is 0 Å². The van der Waals surface area contributed by atoms with Gasteiger partial charge in [0.1, 0.15) is 17.7 Å².